The predicted octanol–water partition coefficient (Wildman–Crippen LogP) is 4.31. The molecular weight excluding hydrogens is 340 g/mol. The zero-order valence-corrected chi connectivity index (χ0v) is 16.5. The number of methoxy groups -OCH3 is 1. The van der Waals surface area contributed by atoms with Crippen LogP contribution >= 0.6 is 0 Å². The van der Waals surface area contributed by atoms with Gasteiger partial charge < -0.3 is 9.47 Å². The second-order valence-electron chi connectivity index (χ2n) is 6.30. The van der Waals surface area contributed by atoms with Crippen LogP contribution in [0.15, 0.2) is 24.3 Å². The van der Waals surface area contributed by atoms with Gasteiger partial charge in [-0.25, -0.2) is 0 Å². The van der Waals surface area contributed by atoms with Gasteiger partial charge in [-0.2, -0.15) is 8.42 Å². The van der Waals surface area contributed by atoms with Crippen LogP contribution in [0.4, 0.5) is 0 Å². The Kier molecular flexibility index (Phi) is 10.8. The summed E-state index contributed by atoms with van der Waals surface area (Å²) in [5, 5.41) is 0. The first-order valence-electron chi connectivity index (χ1n) is 9.03. The highest BCUT2D eigenvalue weighted by Gasteiger charge is 2.12. The van der Waals surface area contributed by atoms with Crippen molar-refractivity contribution in [3.05, 3.63) is 29.8 Å². The van der Waals surface area contributed by atoms with E-state index < -0.39 is 10.1 Å². The Hall–Kier alpha value is -1.11. The second-order valence-corrected chi connectivity index (χ2v) is 7.94. The largest absolute Gasteiger partial charge is 0.497 e. The Labute approximate surface area is 152 Å². The van der Waals surface area contributed by atoms with Crippen LogP contribution in [0, 0.1) is 0 Å². The molecular formula is C19H32O5S. The zero-order valence-electron chi connectivity index (χ0n) is 15.7. The molecule has 0 bridgehead atoms. The van der Waals surface area contributed by atoms with E-state index in [4.69, 9.17) is 13.7 Å². The van der Waals surface area contributed by atoms with Crippen LogP contribution in [0.1, 0.15) is 57.4 Å². The molecule has 0 aliphatic rings. The van der Waals surface area contributed by atoms with Crippen LogP contribution in [0.5, 0.6) is 5.75 Å². The number of hydrogen-bond donors (Lipinski definition) is 0. The number of rotatable bonds is 14. The van der Waals surface area contributed by atoms with Gasteiger partial charge in [0.1, 0.15) is 5.75 Å². The molecule has 1 aromatic rings. The molecule has 5 nitrogen and oxygen atoms in total. The molecule has 0 aliphatic heterocycles. The maximum absolute atomic E-state index is 11.1. The minimum absolute atomic E-state index is 0.00507. The van der Waals surface area contributed by atoms with Gasteiger partial charge in [-0.1, -0.05) is 51.2 Å². The summed E-state index contributed by atoms with van der Waals surface area (Å²) < 4.78 is 38.2. The van der Waals surface area contributed by atoms with E-state index in [2.05, 4.69) is 6.92 Å². The standard InChI is InChI=1S/C19H32O5S/c1-4-5-6-7-8-9-19(14-15-24-25(3,20)21)23-16-17-10-12-18(22-2)13-11-17/h10-13,19H,4-9,14-16H2,1-3H3/t19-/m1/s1. The van der Waals surface area contributed by atoms with Gasteiger partial charge in [-0.3, -0.25) is 4.18 Å². The highest BCUT2D eigenvalue weighted by molar-refractivity contribution is 7.85. The van der Waals surface area contributed by atoms with Gasteiger partial charge in [0.15, 0.2) is 0 Å². The second kappa shape index (κ2) is 12.3. The van der Waals surface area contributed by atoms with E-state index in [9.17, 15) is 8.42 Å². The molecule has 0 fully saturated rings. The van der Waals surface area contributed by atoms with Gasteiger partial charge in [0.05, 0.1) is 32.7 Å². The Morgan fingerprint density at radius 3 is 2.28 bits per heavy atom. The quantitative estimate of drug-likeness (QED) is 0.360. The van der Waals surface area contributed by atoms with E-state index in [0.717, 1.165) is 30.4 Å². The van der Waals surface area contributed by atoms with Crippen molar-refractivity contribution in [3.63, 3.8) is 0 Å². The number of unbranched alkanes of at least 4 members (excludes halogenated alkanes) is 4. The lowest BCUT2D eigenvalue weighted by molar-refractivity contribution is 0.0201. The molecule has 0 radical (unpaired) electrons. The van der Waals surface area contributed by atoms with E-state index >= 15 is 0 Å². The van der Waals surface area contributed by atoms with Gasteiger partial charge in [0, 0.05) is 0 Å². The first kappa shape index (κ1) is 21.9. The molecule has 25 heavy (non-hydrogen) atoms. The highest BCUT2D eigenvalue weighted by Crippen LogP contribution is 2.17. The first-order valence-corrected chi connectivity index (χ1v) is 10.8. The van der Waals surface area contributed by atoms with E-state index in [1.807, 2.05) is 24.3 Å². The molecule has 1 rings (SSSR count). The summed E-state index contributed by atoms with van der Waals surface area (Å²) in [6.45, 7) is 2.87. The molecule has 0 aromatic heterocycles. The number of benzene rings is 1. The molecule has 0 aliphatic carbocycles. The molecule has 144 valence electrons. The van der Waals surface area contributed by atoms with Crippen molar-refractivity contribution < 1.29 is 22.1 Å². The fourth-order valence-corrected chi connectivity index (χ4v) is 2.95. The minimum atomic E-state index is -3.40. The molecule has 1 atom stereocenters. The Morgan fingerprint density at radius 1 is 1.00 bits per heavy atom. The Morgan fingerprint density at radius 2 is 1.68 bits per heavy atom. The molecule has 0 unspecified atom stereocenters. The molecule has 0 saturated carbocycles. The molecule has 1 aromatic carbocycles. The van der Waals surface area contributed by atoms with Crippen molar-refractivity contribution in [2.75, 3.05) is 20.0 Å². The topological polar surface area (TPSA) is 61.8 Å². The first-order chi connectivity index (χ1) is 11.9. The van der Waals surface area contributed by atoms with Crippen LogP contribution in [0.2, 0.25) is 0 Å². The molecule has 0 saturated heterocycles. The predicted molar refractivity (Wildman–Crippen MR) is 100 cm³/mol. The van der Waals surface area contributed by atoms with Crippen molar-refractivity contribution in [1.29, 1.82) is 0 Å². The van der Waals surface area contributed by atoms with Crippen LogP contribution in [-0.2, 0) is 25.6 Å². The van der Waals surface area contributed by atoms with Crippen molar-refractivity contribution in [2.24, 2.45) is 0 Å². The van der Waals surface area contributed by atoms with Crippen LogP contribution in [0.25, 0.3) is 0 Å². The Balaban J connectivity index is 2.44. The summed E-state index contributed by atoms with van der Waals surface area (Å²) >= 11 is 0. The van der Waals surface area contributed by atoms with Gasteiger partial charge >= 0.3 is 0 Å². The van der Waals surface area contributed by atoms with E-state index in [-0.39, 0.29) is 12.7 Å². The Bertz CT molecular complexity index is 554. The summed E-state index contributed by atoms with van der Waals surface area (Å²) in [4.78, 5) is 0. The summed E-state index contributed by atoms with van der Waals surface area (Å²) in [7, 11) is -1.76. The lowest BCUT2D eigenvalue weighted by Crippen LogP contribution is -2.17. The lowest BCUT2D eigenvalue weighted by Gasteiger charge is -2.18. The average Bonchev–Trinajstić information content (AvgIpc) is 2.58. The summed E-state index contributed by atoms with van der Waals surface area (Å²) in [5.74, 6) is 0.817. The van der Waals surface area contributed by atoms with Gasteiger partial charge in [-0.05, 0) is 30.5 Å². The third kappa shape index (κ3) is 11.2. The fraction of sp³-hybridized carbons (Fsp3) is 0.684. The van der Waals surface area contributed by atoms with Crippen molar-refractivity contribution in [1.82, 2.24) is 0 Å². The molecule has 0 heterocycles. The maximum atomic E-state index is 11.1. The lowest BCUT2D eigenvalue weighted by atomic mass is 10.1. The fourth-order valence-electron chi connectivity index (χ4n) is 2.55. The maximum Gasteiger partial charge on any atom is 0.264 e. The number of hydrogen-bond acceptors (Lipinski definition) is 5. The SMILES string of the molecule is CCCCCCC[C@H](CCOS(C)(=O)=O)OCc1ccc(OC)cc1. The van der Waals surface area contributed by atoms with Crippen molar-refractivity contribution >= 4 is 10.1 Å². The van der Waals surface area contributed by atoms with Gasteiger partial charge in [0.2, 0.25) is 0 Å². The third-order valence-corrected chi connectivity index (χ3v) is 4.61. The molecule has 6 heteroatoms. The summed E-state index contributed by atoms with van der Waals surface area (Å²) in [5.41, 5.74) is 1.07. The van der Waals surface area contributed by atoms with E-state index in [1.54, 1.807) is 7.11 Å². The van der Waals surface area contributed by atoms with E-state index in [0.29, 0.717) is 13.0 Å². The highest BCUT2D eigenvalue weighted by atomic mass is 32.2. The van der Waals surface area contributed by atoms with Gasteiger partial charge in [-0.15, -0.1) is 0 Å². The minimum Gasteiger partial charge on any atom is -0.497 e. The van der Waals surface area contributed by atoms with Crippen LogP contribution in [0.3, 0.4) is 0 Å². The van der Waals surface area contributed by atoms with Crippen LogP contribution in [-0.4, -0.2) is 34.5 Å². The average molecular weight is 373 g/mol. The summed E-state index contributed by atoms with van der Waals surface area (Å²) in [6.07, 6.45) is 8.57. The van der Waals surface area contributed by atoms with Crippen molar-refractivity contribution in [2.45, 2.75) is 64.6 Å². The molecule has 0 spiro atoms. The zero-order chi connectivity index (χ0) is 18.5. The van der Waals surface area contributed by atoms with Crippen molar-refractivity contribution in [3.8, 4) is 5.75 Å². The smallest absolute Gasteiger partial charge is 0.264 e. The van der Waals surface area contributed by atoms with E-state index in [1.165, 1.54) is 25.7 Å². The molecule has 0 N–H and O–H groups in total. The van der Waals surface area contributed by atoms with Crippen LogP contribution < -0.4 is 4.74 Å². The third-order valence-electron chi connectivity index (χ3n) is 4.01. The monoisotopic (exact) mass is 372 g/mol. The number of ether oxygens (including phenoxy) is 2. The normalized spacial score (nSPS) is 12.9. The molecule has 0 amide bonds. The van der Waals surface area contributed by atoms with Gasteiger partial charge in [0.25, 0.3) is 10.1 Å². The summed E-state index contributed by atoms with van der Waals surface area (Å²) in [6, 6.07) is 7.77.